The van der Waals surface area contributed by atoms with Gasteiger partial charge in [-0.25, -0.2) is 4.99 Å². The maximum Gasteiger partial charge on any atom is 0.191 e. The average Bonchev–Trinajstić information content (AvgIpc) is 2.61. The average molecular weight is 334 g/mol. The Bertz CT molecular complexity index is 881. The van der Waals surface area contributed by atoms with Gasteiger partial charge in [0.15, 0.2) is 11.6 Å². The number of hydrogen-bond donors (Lipinski definition) is 3. The van der Waals surface area contributed by atoms with Gasteiger partial charge in [0.05, 0.1) is 17.3 Å². The van der Waals surface area contributed by atoms with Gasteiger partial charge in [-0.15, -0.1) is 0 Å². The third-order valence-corrected chi connectivity index (χ3v) is 3.92. The number of hydrogen-bond acceptors (Lipinski definition) is 6. The molecule has 1 atom stereocenters. The van der Waals surface area contributed by atoms with Gasteiger partial charge in [0, 0.05) is 17.1 Å². The minimum absolute atomic E-state index is 0.231. The number of anilines is 3. The van der Waals surface area contributed by atoms with E-state index in [1.807, 2.05) is 0 Å². The Morgan fingerprint density at radius 1 is 0.880 bits per heavy atom. The Morgan fingerprint density at radius 3 is 2.04 bits per heavy atom. The smallest absolute Gasteiger partial charge is 0.191 e. The van der Waals surface area contributed by atoms with E-state index < -0.39 is 5.92 Å². The van der Waals surface area contributed by atoms with Gasteiger partial charge >= 0.3 is 0 Å². The van der Waals surface area contributed by atoms with Crippen LogP contribution < -0.4 is 16.8 Å². The molecule has 0 fully saturated rings. The van der Waals surface area contributed by atoms with Crippen molar-refractivity contribution in [3.05, 3.63) is 60.3 Å². The van der Waals surface area contributed by atoms with E-state index in [1.54, 1.807) is 55.5 Å². The largest absolute Gasteiger partial charge is 0.399 e. The van der Waals surface area contributed by atoms with Gasteiger partial charge in [-0.05, 0) is 61.5 Å². The van der Waals surface area contributed by atoms with Crippen LogP contribution in [0.15, 0.2) is 65.3 Å². The van der Waals surface area contributed by atoms with Crippen LogP contribution in [0.2, 0.25) is 0 Å². The fourth-order valence-electron chi connectivity index (χ4n) is 2.45. The molecule has 5 N–H and O–H groups in total. The number of nitrogens with two attached hydrogens (primary N) is 2. The number of nitrogen functional groups attached to an aromatic ring is 2. The Hall–Kier alpha value is -3.41. The highest BCUT2D eigenvalue weighted by molar-refractivity contribution is 6.51. The number of nitrogens with one attached hydrogen (secondary N) is 1. The molecule has 0 bridgehead atoms. The molecule has 1 unspecified atom stereocenters. The monoisotopic (exact) mass is 334 g/mol. The molecule has 2 aromatic carbocycles. The molecule has 3 rings (SSSR count). The normalized spacial score (nSPS) is 19.0. The van der Waals surface area contributed by atoms with Gasteiger partial charge in [0.2, 0.25) is 0 Å². The van der Waals surface area contributed by atoms with Crippen LogP contribution in [-0.2, 0) is 9.59 Å². The number of aliphatic imine (C=N–C) groups is 1. The van der Waals surface area contributed by atoms with Crippen molar-refractivity contribution in [2.24, 2.45) is 10.9 Å². The molecule has 6 nitrogen and oxygen atoms in total. The number of carbonyl (C=O) groups excluding carboxylic acids is 2. The lowest BCUT2D eigenvalue weighted by molar-refractivity contribution is -0.126. The molecule has 1 aliphatic carbocycles. The maximum absolute atomic E-state index is 12.4. The van der Waals surface area contributed by atoms with Gasteiger partial charge in [0.25, 0.3) is 0 Å². The van der Waals surface area contributed by atoms with Crippen molar-refractivity contribution in [1.82, 2.24) is 0 Å². The Balaban J connectivity index is 1.95. The summed E-state index contributed by atoms with van der Waals surface area (Å²) in [6, 6.07) is 13.8. The third-order valence-electron chi connectivity index (χ3n) is 3.92. The predicted octanol–water partition coefficient (Wildman–Crippen LogP) is 2.71. The first kappa shape index (κ1) is 16.4. The number of rotatable bonds is 3. The topological polar surface area (TPSA) is 111 Å². The fourth-order valence-corrected chi connectivity index (χ4v) is 2.45. The van der Waals surface area contributed by atoms with Crippen molar-refractivity contribution in [2.75, 3.05) is 16.8 Å². The minimum atomic E-state index is -0.784. The van der Waals surface area contributed by atoms with E-state index >= 15 is 0 Å². The Labute approximate surface area is 145 Å². The summed E-state index contributed by atoms with van der Waals surface area (Å²) < 4.78 is 0. The number of benzene rings is 2. The molecule has 0 saturated heterocycles. The first-order valence-electron chi connectivity index (χ1n) is 7.81. The summed E-state index contributed by atoms with van der Waals surface area (Å²) in [4.78, 5) is 29.1. The van der Waals surface area contributed by atoms with E-state index in [0.717, 1.165) is 0 Å². The predicted molar refractivity (Wildman–Crippen MR) is 99.7 cm³/mol. The molecule has 0 spiro atoms. The van der Waals surface area contributed by atoms with E-state index in [0.29, 0.717) is 28.4 Å². The van der Waals surface area contributed by atoms with Gasteiger partial charge in [-0.1, -0.05) is 0 Å². The first-order chi connectivity index (χ1) is 11.9. The molecule has 0 aromatic heterocycles. The SMILES string of the molecule is CC1C(=O)C(Nc2ccc(N)cc2)=CC(=Nc2ccc(N)cc2)C1=O. The fraction of sp³-hybridized carbons (Fsp3) is 0.105. The van der Waals surface area contributed by atoms with Gasteiger partial charge in [0.1, 0.15) is 5.71 Å². The summed E-state index contributed by atoms with van der Waals surface area (Å²) in [5.74, 6) is -1.35. The summed E-state index contributed by atoms with van der Waals surface area (Å²) in [5.41, 5.74) is 14.4. The maximum atomic E-state index is 12.4. The van der Waals surface area contributed by atoms with Crippen molar-refractivity contribution < 1.29 is 9.59 Å². The zero-order valence-electron chi connectivity index (χ0n) is 13.7. The van der Waals surface area contributed by atoms with Crippen LogP contribution >= 0.6 is 0 Å². The number of carbonyl (C=O) groups is 2. The first-order valence-corrected chi connectivity index (χ1v) is 7.81. The van der Waals surface area contributed by atoms with Crippen LogP contribution in [0.3, 0.4) is 0 Å². The lowest BCUT2D eigenvalue weighted by Crippen LogP contribution is -2.35. The quantitative estimate of drug-likeness (QED) is 0.590. The molecule has 2 aromatic rings. The van der Waals surface area contributed by atoms with Crippen molar-refractivity contribution in [1.29, 1.82) is 0 Å². The molecule has 1 aliphatic rings. The summed E-state index contributed by atoms with van der Waals surface area (Å²) in [6.07, 6.45) is 1.48. The third kappa shape index (κ3) is 3.58. The highest BCUT2D eigenvalue weighted by atomic mass is 16.2. The number of ketones is 2. The molecule has 25 heavy (non-hydrogen) atoms. The van der Waals surface area contributed by atoms with Crippen LogP contribution in [0.1, 0.15) is 6.92 Å². The van der Waals surface area contributed by atoms with Gasteiger partial charge in [-0.2, -0.15) is 0 Å². The molecule has 0 saturated carbocycles. The summed E-state index contributed by atoms with van der Waals surface area (Å²) in [5, 5.41) is 3.04. The van der Waals surface area contributed by atoms with Crippen molar-refractivity contribution in [3.63, 3.8) is 0 Å². The zero-order valence-corrected chi connectivity index (χ0v) is 13.7. The highest BCUT2D eigenvalue weighted by Gasteiger charge is 2.32. The van der Waals surface area contributed by atoms with Crippen molar-refractivity contribution >= 4 is 40.0 Å². The Morgan fingerprint density at radius 2 is 1.44 bits per heavy atom. The molecule has 126 valence electrons. The number of Topliss-reactive ketones (excluding diaryl/α,β-unsaturated/α-hetero) is 2. The summed E-state index contributed by atoms with van der Waals surface area (Å²) in [7, 11) is 0. The molecule has 0 aliphatic heterocycles. The lowest BCUT2D eigenvalue weighted by Gasteiger charge is -2.19. The van der Waals surface area contributed by atoms with E-state index in [9.17, 15) is 9.59 Å². The second-order valence-corrected chi connectivity index (χ2v) is 5.84. The zero-order chi connectivity index (χ0) is 18.0. The van der Waals surface area contributed by atoms with Crippen molar-refractivity contribution in [3.8, 4) is 0 Å². The van der Waals surface area contributed by atoms with Crippen LogP contribution in [0.4, 0.5) is 22.7 Å². The van der Waals surface area contributed by atoms with E-state index in [-0.39, 0.29) is 17.3 Å². The second kappa shape index (κ2) is 6.60. The summed E-state index contributed by atoms with van der Waals surface area (Å²) in [6.45, 7) is 1.58. The van der Waals surface area contributed by atoms with Gasteiger partial charge in [-0.3, -0.25) is 9.59 Å². The Kier molecular flexibility index (Phi) is 4.35. The van der Waals surface area contributed by atoms with Gasteiger partial charge < -0.3 is 16.8 Å². The molecule has 0 heterocycles. The molecule has 0 amide bonds. The molecular weight excluding hydrogens is 316 g/mol. The van der Waals surface area contributed by atoms with Crippen LogP contribution in [0.5, 0.6) is 0 Å². The van der Waals surface area contributed by atoms with E-state index in [1.165, 1.54) is 6.08 Å². The van der Waals surface area contributed by atoms with Crippen LogP contribution in [0, 0.1) is 5.92 Å². The standard InChI is InChI=1S/C19H18N4O2/c1-11-18(24)16(22-14-6-2-12(20)3-7-14)10-17(19(11)25)23-15-8-4-13(21)5-9-15/h2-11,22H,20-21H2,1H3. The van der Waals surface area contributed by atoms with Crippen molar-refractivity contribution in [2.45, 2.75) is 6.92 Å². The minimum Gasteiger partial charge on any atom is -0.399 e. The van der Waals surface area contributed by atoms with E-state index in [4.69, 9.17) is 11.5 Å². The molecule has 0 radical (unpaired) electrons. The number of nitrogens with zero attached hydrogens (tertiary/aromatic N) is 1. The highest BCUT2D eigenvalue weighted by Crippen LogP contribution is 2.22. The van der Waals surface area contributed by atoms with Crippen LogP contribution in [0.25, 0.3) is 0 Å². The second-order valence-electron chi connectivity index (χ2n) is 5.84. The summed E-state index contributed by atoms with van der Waals surface area (Å²) >= 11 is 0. The lowest BCUT2D eigenvalue weighted by atomic mass is 9.89. The van der Waals surface area contributed by atoms with E-state index in [2.05, 4.69) is 10.3 Å². The van der Waals surface area contributed by atoms with Crippen LogP contribution in [-0.4, -0.2) is 17.3 Å². The molecular formula is C19H18N4O2. The number of allylic oxidation sites excluding steroid dienone is 2. The molecule has 6 heteroatoms.